The number of benzene rings is 3. The molecule has 0 radical (unpaired) electrons. The maximum absolute atomic E-state index is 15.0. The van der Waals surface area contributed by atoms with Gasteiger partial charge in [-0.15, -0.1) is 0 Å². The minimum absolute atomic E-state index is 0.176. The third-order valence-electron chi connectivity index (χ3n) is 12.4. The van der Waals surface area contributed by atoms with Crippen LogP contribution in [0, 0.1) is 26.2 Å². The molecule has 3 aromatic carbocycles. The average molecular weight is 816 g/mol. The smallest absolute Gasteiger partial charge is 0.338 e. The van der Waals surface area contributed by atoms with Crippen LogP contribution < -0.4 is 5.69 Å². The Bertz CT molecular complexity index is 3100. The number of aliphatic carboxylic acids is 1. The highest BCUT2D eigenvalue weighted by Gasteiger charge is 2.33. The lowest BCUT2D eigenvalue weighted by Crippen LogP contribution is -2.37. The zero-order valence-corrected chi connectivity index (χ0v) is 35.6. The van der Waals surface area contributed by atoms with E-state index < -0.39 is 11.4 Å². The molecule has 1 N–H and O–H groups in total. The van der Waals surface area contributed by atoms with Crippen LogP contribution in [0.4, 0.5) is 0 Å². The molecule has 13 nitrogen and oxygen atoms in total. The summed E-state index contributed by atoms with van der Waals surface area (Å²) in [5.41, 5.74) is 10.5. The summed E-state index contributed by atoms with van der Waals surface area (Å²) in [6.07, 6.45) is 8.78. The van der Waals surface area contributed by atoms with Gasteiger partial charge in [-0.1, -0.05) is 19.1 Å². The number of pyridine rings is 1. The summed E-state index contributed by atoms with van der Waals surface area (Å²) < 4.78 is 8.86. The van der Waals surface area contributed by atoms with Crippen LogP contribution >= 0.6 is 0 Å². The number of carboxylic acids is 1. The van der Waals surface area contributed by atoms with Crippen LogP contribution in [0.2, 0.25) is 0 Å². The van der Waals surface area contributed by atoms with E-state index in [0.717, 1.165) is 78.7 Å². The standard InChI is InChI=1S/C48H49N9O4/c1-8-39-31(4)37(13-16-49-39)32-9-11-42-33(24-32)26-43(55(42)18-15-48(5,6)46(59)60)45(58)53-17-14-40-38(28-53)44(57(51-40)36-22-29(2)21-30(3)23-36)56-20-19-54(47(56)61)35-10-12-41-34(25-35)27-50-52(41)7/h9-13,16,19-27H,8,14-15,17-18,28H2,1-7H3,(H,59,60). The van der Waals surface area contributed by atoms with Gasteiger partial charge >= 0.3 is 11.7 Å². The Kier molecular flexibility index (Phi) is 9.64. The van der Waals surface area contributed by atoms with E-state index in [1.807, 2.05) is 77.6 Å². The largest absolute Gasteiger partial charge is 0.481 e. The first-order chi connectivity index (χ1) is 29.2. The lowest BCUT2D eigenvalue weighted by molar-refractivity contribution is -0.147. The molecule has 0 fully saturated rings. The second kappa shape index (κ2) is 14.9. The number of fused-ring (bicyclic) bond motifs is 3. The van der Waals surface area contributed by atoms with Gasteiger partial charge in [-0.2, -0.15) is 10.2 Å². The number of carboxylic acid groups (broad SMARTS) is 1. The number of aryl methyl sites for hydroxylation is 5. The normalized spacial score (nSPS) is 13.1. The lowest BCUT2D eigenvalue weighted by atomic mass is 9.89. The van der Waals surface area contributed by atoms with Crippen molar-refractivity contribution in [3.63, 3.8) is 0 Å². The summed E-state index contributed by atoms with van der Waals surface area (Å²) >= 11 is 0. The molecule has 310 valence electrons. The number of carbonyl (C=O) groups is 2. The van der Waals surface area contributed by atoms with Gasteiger partial charge in [0.25, 0.3) is 5.91 Å². The summed E-state index contributed by atoms with van der Waals surface area (Å²) in [5.74, 6) is -0.487. The molecule has 0 spiro atoms. The Morgan fingerprint density at radius 1 is 0.869 bits per heavy atom. The Morgan fingerprint density at radius 3 is 2.38 bits per heavy atom. The highest BCUT2D eigenvalue weighted by Crippen LogP contribution is 2.34. The summed E-state index contributed by atoms with van der Waals surface area (Å²) in [7, 11) is 1.89. The summed E-state index contributed by atoms with van der Waals surface area (Å²) in [6.45, 7) is 12.7. The highest BCUT2D eigenvalue weighted by molar-refractivity contribution is 6.00. The minimum Gasteiger partial charge on any atom is -0.481 e. The van der Waals surface area contributed by atoms with Gasteiger partial charge in [-0.05, 0) is 130 Å². The average Bonchev–Trinajstić information content (AvgIpc) is 4.01. The monoisotopic (exact) mass is 815 g/mol. The summed E-state index contributed by atoms with van der Waals surface area (Å²) in [6, 6.07) is 22.2. The molecule has 0 aliphatic carbocycles. The van der Waals surface area contributed by atoms with Crippen molar-refractivity contribution in [2.24, 2.45) is 12.5 Å². The van der Waals surface area contributed by atoms with Crippen molar-refractivity contribution in [3.8, 4) is 28.3 Å². The van der Waals surface area contributed by atoms with Crippen molar-refractivity contribution in [2.45, 2.75) is 73.9 Å². The molecule has 1 amide bonds. The van der Waals surface area contributed by atoms with Gasteiger partial charge in [-0.3, -0.25) is 28.4 Å². The highest BCUT2D eigenvalue weighted by atomic mass is 16.4. The van der Waals surface area contributed by atoms with Crippen molar-refractivity contribution in [3.05, 3.63) is 141 Å². The van der Waals surface area contributed by atoms with Crippen molar-refractivity contribution in [2.75, 3.05) is 6.54 Å². The van der Waals surface area contributed by atoms with Crippen molar-refractivity contribution in [1.29, 1.82) is 0 Å². The van der Waals surface area contributed by atoms with Crippen LogP contribution in [0.3, 0.4) is 0 Å². The molecule has 5 aromatic heterocycles. The van der Waals surface area contributed by atoms with Gasteiger partial charge in [0.15, 0.2) is 0 Å². The van der Waals surface area contributed by atoms with Crippen LogP contribution in [0.5, 0.6) is 0 Å². The van der Waals surface area contributed by atoms with Crippen molar-refractivity contribution < 1.29 is 14.7 Å². The second-order valence-electron chi connectivity index (χ2n) is 17.0. The molecule has 0 unspecified atom stereocenters. The Morgan fingerprint density at radius 2 is 1.62 bits per heavy atom. The molecule has 0 bridgehead atoms. The molecule has 0 saturated heterocycles. The van der Waals surface area contributed by atoms with Gasteiger partial charge in [-0.25, -0.2) is 9.48 Å². The molecule has 61 heavy (non-hydrogen) atoms. The number of aromatic nitrogens is 8. The first-order valence-electron chi connectivity index (χ1n) is 20.7. The topological polar surface area (TPSA) is 138 Å². The van der Waals surface area contributed by atoms with Crippen LogP contribution in [0.1, 0.15) is 71.3 Å². The van der Waals surface area contributed by atoms with Crippen LogP contribution in [-0.2, 0) is 37.8 Å². The molecule has 8 aromatic rings. The third-order valence-corrected chi connectivity index (χ3v) is 12.4. The lowest BCUT2D eigenvalue weighted by Gasteiger charge is -2.28. The van der Waals surface area contributed by atoms with E-state index in [1.165, 1.54) is 0 Å². The predicted molar refractivity (Wildman–Crippen MR) is 236 cm³/mol. The Labute approximate surface area is 353 Å². The van der Waals surface area contributed by atoms with Gasteiger partial charge in [0.1, 0.15) is 11.5 Å². The minimum atomic E-state index is -1.01. The third kappa shape index (κ3) is 6.83. The number of amides is 1. The van der Waals surface area contributed by atoms with E-state index in [1.54, 1.807) is 46.3 Å². The van der Waals surface area contributed by atoms with Crippen LogP contribution in [-0.4, -0.2) is 66.7 Å². The first-order valence-corrected chi connectivity index (χ1v) is 20.7. The van der Waals surface area contributed by atoms with Gasteiger partial charge in [0, 0.05) is 72.7 Å². The van der Waals surface area contributed by atoms with E-state index >= 15 is 4.79 Å². The Hall–Kier alpha value is -7.02. The fourth-order valence-electron chi connectivity index (χ4n) is 8.83. The SMILES string of the molecule is CCc1nccc(-c2ccc3c(c2)cc(C(=O)N2CCc4nn(-c5cc(C)cc(C)c5)c(-n5ccn(-c6ccc7c(cnn7C)c6)c5=O)c4C2)n3CCC(C)(C)C(=O)O)c1C. The molecule has 13 heteroatoms. The number of hydrogen-bond acceptors (Lipinski definition) is 6. The van der Waals surface area contributed by atoms with Gasteiger partial charge < -0.3 is 14.6 Å². The maximum Gasteiger partial charge on any atom is 0.338 e. The van der Waals surface area contributed by atoms with E-state index in [4.69, 9.17) is 5.10 Å². The molecule has 0 atom stereocenters. The van der Waals surface area contributed by atoms with Crippen molar-refractivity contribution in [1.82, 2.24) is 43.1 Å². The van der Waals surface area contributed by atoms with Crippen LogP contribution in [0.15, 0.2) is 96.3 Å². The van der Waals surface area contributed by atoms with Crippen molar-refractivity contribution >= 4 is 33.7 Å². The van der Waals surface area contributed by atoms with E-state index in [2.05, 4.69) is 54.3 Å². The maximum atomic E-state index is 15.0. The molecular formula is C48H49N9O4. The number of rotatable bonds is 10. The fourth-order valence-corrected chi connectivity index (χ4v) is 8.83. The quantitative estimate of drug-likeness (QED) is 0.148. The molecule has 0 saturated carbocycles. The van der Waals surface area contributed by atoms with E-state index in [0.29, 0.717) is 43.1 Å². The first kappa shape index (κ1) is 39.4. The number of hydrogen-bond donors (Lipinski definition) is 1. The number of nitrogens with zero attached hydrogens (tertiary/aromatic N) is 9. The molecular weight excluding hydrogens is 767 g/mol. The molecule has 1 aliphatic heterocycles. The number of imidazole rings is 1. The fraction of sp³-hybridized carbons (Fsp3) is 0.292. The Balaban J connectivity index is 1.14. The number of carbonyl (C=O) groups excluding carboxylic acids is 1. The molecule has 1 aliphatic rings. The second-order valence-corrected chi connectivity index (χ2v) is 17.0. The molecule has 9 rings (SSSR count). The van der Waals surface area contributed by atoms with E-state index in [9.17, 15) is 14.7 Å². The summed E-state index contributed by atoms with van der Waals surface area (Å²) in [5, 5.41) is 21.3. The predicted octanol–water partition coefficient (Wildman–Crippen LogP) is 7.90. The van der Waals surface area contributed by atoms with Gasteiger partial charge in [0.05, 0.1) is 40.7 Å². The van der Waals surface area contributed by atoms with Gasteiger partial charge in [0.2, 0.25) is 0 Å². The van der Waals surface area contributed by atoms with Crippen LogP contribution in [0.25, 0.3) is 50.1 Å². The zero-order valence-electron chi connectivity index (χ0n) is 35.6. The molecule has 6 heterocycles. The van der Waals surface area contributed by atoms with E-state index in [-0.39, 0.29) is 18.1 Å². The summed E-state index contributed by atoms with van der Waals surface area (Å²) in [4.78, 5) is 48.1. The zero-order chi connectivity index (χ0) is 42.9.